The van der Waals surface area contributed by atoms with Crippen molar-refractivity contribution >= 4 is 63.5 Å². The fourth-order valence-corrected chi connectivity index (χ4v) is 4.16. The SMILES string of the molecule is CC.CC1(C)OB(c2c(Cl)ccc3c2cnn3PI)OC1(C)C.CN. The molecule has 1 saturated heterocycles. The highest BCUT2D eigenvalue weighted by Crippen LogP contribution is 2.38. The molecule has 1 atom stereocenters. The van der Waals surface area contributed by atoms with Crippen molar-refractivity contribution in [3.8, 4) is 0 Å². The first kappa shape index (κ1) is 23.1. The van der Waals surface area contributed by atoms with E-state index in [0.717, 1.165) is 16.4 Å². The van der Waals surface area contributed by atoms with Crippen molar-refractivity contribution in [2.45, 2.75) is 52.7 Å². The van der Waals surface area contributed by atoms with Gasteiger partial charge in [0.25, 0.3) is 0 Å². The lowest BCUT2D eigenvalue weighted by atomic mass is 9.77. The van der Waals surface area contributed by atoms with Crippen LogP contribution >= 0.6 is 40.0 Å². The Balaban J connectivity index is 0.000000730. The average molecular weight is 498 g/mol. The van der Waals surface area contributed by atoms with Crippen molar-refractivity contribution in [2.24, 2.45) is 5.73 Å². The van der Waals surface area contributed by atoms with Crippen LogP contribution in [0.1, 0.15) is 41.5 Å². The summed E-state index contributed by atoms with van der Waals surface area (Å²) in [6, 6.07) is 3.88. The lowest BCUT2D eigenvalue weighted by molar-refractivity contribution is 0.00578. The zero-order valence-corrected chi connectivity index (χ0v) is 19.8. The van der Waals surface area contributed by atoms with Gasteiger partial charge in [0.2, 0.25) is 0 Å². The van der Waals surface area contributed by atoms with E-state index in [0.29, 0.717) is 11.4 Å². The lowest BCUT2D eigenvalue weighted by Gasteiger charge is -2.32. The molecule has 0 saturated carbocycles. The Labute approximate surface area is 170 Å². The van der Waals surface area contributed by atoms with Crippen molar-refractivity contribution in [1.29, 1.82) is 0 Å². The van der Waals surface area contributed by atoms with Crippen LogP contribution in [0.5, 0.6) is 0 Å². The summed E-state index contributed by atoms with van der Waals surface area (Å²) in [4.78, 5) is 0. The van der Waals surface area contributed by atoms with Crippen LogP contribution in [-0.2, 0) is 9.31 Å². The van der Waals surface area contributed by atoms with Gasteiger partial charge in [-0.1, -0.05) is 25.4 Å². The van der Waals surface area contributed by atoms with Gasteiger partial charge in [-0.15, -0.1) is 0 Å². The number of hydrogen-bond donors (Lipinski definition) is 1. The van der Waals surface area contributed by atoms with Crippen molar-refractivity contribution in [3.63, 3.8) is 0 Å². The van der Waals surface area contributed by atoms with Gasteiger partial charge in [-0.05, 0) is 68.9 Å². The highest BCUT2D eigenvalue weighted by atomic mass is 127. The highest BCUT2D eigenvalue weighted by molar-refractivity contribution is 14.2. The van der Waals surface area contributed by atoms with Crippen LogP contribution < -0.4 is 11.2 Å². The summed E-state index contributed by atoms with van der Waals surface area (Å²) >= 11 is 8.74. The highest BCUT2D eigenvalue weighted by Gasteiger charge is 2.52. The Kier molecular flexibility index (Phi) is 8.63. The van der Waals surface area contributed by atoms with E-state index in [1.807, 2.05) is 64.3 Å². The molecular weight excluding hydrogens is 470 g/mol. The van der Waals surface area contributed by atoms with Crippen LogP contribution in [0.4, 0.5) is 0 Å². The standard InChI is InChI=1S/C13H16BClIN2O2P.C2H6.CH5N/c1-12(2)13(3,4)20-14(19-12)11-8-7-17-18(21-16)10(8)6-5-9(11)15;2*1-2/h5-7,21H,1-4H3;1-2H3;2H2,1H3. The van der Waals surface area contributed by atoms with Crippen LogP contribution in [0.25, 0.3) is 10.9 Å². The maximum absolute atomic E-state index is 6.43. The number of fused-ring (bicyclic) bond motifs is 1. The first-order valence-electron chi connectivity index (χ1n) is 8.23. The summed E-state index contributed by atoms with van der Waals surface area (Å²) in [5, 5.41) is 6.05. The van der Waals surface area contributed by atoms with E-state index in [4.69, 9.17) is 20.9 Å². The molecule has 1 fully saturated rings. The first-order valence-corrected chi connectivity index (χ1v) is 12.7. The zero-order chi connectivity index (χ0) is 19.4. The first-order chi connectivity index (χ1) is 11.8. The van der Waals surface area contributed by atoms with Crippen molar-refractivity contribution < 1.29 is 9.31 Å². The van der Waals surface area contributed by atoms with E-state index in [-0.39, 0.29) is 11.2 Å². The fraction of sp³-hybridized carbons (Fsp3) is 0.562. The van der Waals surface area contributed by atoms with Gasteiger partial charge in [-0.25, -0.2) is 4.45 Å². The van der Waals surface area contributed by atoms with Crippen LogP contribution in [0.2, 0.25) is 5.02 Å². The molecule has 0 radical (unpaired) electrons. The minimum atomic E-state index is -0.471. The topological polar surface area (TPSA) is 62.3 Å². The number of nitrogens with two attached hydrogens (primary N) is 1. The smallest absolute Gasteiger partial charge is 0.399 e. The molecule has 3 rings (SSSR count). The third-order valence-electron chi connectivity index (χ3n) is 4.31. The summed E-state index contributed by atoms with van der Waals surface area (Å²) < 4.78 is 14.2. The fourth-order valence-electron chi connectivity index (χ4n) is 2.36. The quantitative estimate of drug-likeness (QED) is 0.380. The van der Waals surface area contributed by atoms with Crippen LogP contribution in [-0.4, -0.2) is 34.9 Å². The van der Waals surface area contributed by atoms with E-state index in [1.165, 1.54) is 7.05 Å². The Morgan fingerprint density at radius 1 is 1.16 bits per heavy atom. The number of hydrogen-bond acceptors (Lipinski definition) is 4. The summed E-state index contributed by atoms with van der Waals surface area (Å²) in [5.41, 5.74) is 5.65. The molecule has 1 unspecified atom stereocenters. The van der Waals surface area contributed by atoms with Crippen LogP contribution in [0.15, 0.2) is 18.3 Å². The molecule has 2 N–H and O–H groups in total. The molecule has 9 heteroatoms. The summed E-state index contributed by atoms with van der Waals surface area (Å²) in [6.07, 6.45) is 2.38. The van der Waals surface area contributed by atoms with Gasteiger partial charge in [0.15, 0.2) is 0 Å². The average Bonchev–Trinajstić information content (AvgIpc) is 3.08. The number of halogens is 2. The molecule has 0 amide bonds. The Hall–Kier alpha value is 0.0849. The van der Waals surface area contributed by atoms with Crippen molar-refractivity contribution in [1.82, 2.24) is 9.55 Å². The van der Waals surface area contributed by atoms with Gasteiger partial charge in [0.1, 0.15) is 0 Å². The molecule has 25 heavy (non-hydrogen) atoms. The predicted molar refractivity (Wildman–Crippen MR) is 120 cm³/mol. The van der Waals surface area contributed by atoms with E-state index in [2.05, 4.69) is 32.9 Å². The molecule has 1 aromatic carbocycles. The van der Waals surface area contributed by atoms with Gasteiger partial charge < -0.3 is 15.0 Å². The molecule has 1 aromatic heterocycles. The van der Waals surface area contributed by atoms with E-state index < -0.39 is 7.12 Å². The molecule has 0 bridgehead atoms. The monoisotopic (exact) mass is 497 g/mol. The molecule has 1 aliphatic heterocycles. The molecule has 140 valence electrons. The second kappa shape index (κ2) is 9.33. The normalized spacial score (nSPS) is 18.1. The molecule has 0 spiro atoms. The van der Waals surface area contributed by atoms with Crippen LogP contribution in [0, 0.1) is 0 Å². The minimum absolute atomic E-state index is 0.385. The second-order valence-electron chi connectivity index (χ2n) is 6.12. The Morgan fingerprint density at radius 2 is 1.68 bits per heavy atom. The largest absolute Gasteiger partial charge is 0.497 e. The maximum Gasteiger partial charge on any atom is 0.497 e. The van der Waals surface area contributed by atoms with E-state index in [1.54, 1.807) is 0 Å². The van der Waals surface area contributed by atoms with Gasteiger partial charge in [0, 0.05) is 15.9 Å². The van der Waals surface area contributed by atoms with Crippen LogP contribution in [0.3, 0.4) is 0 Å². The van der Waals surface area contributed by atoms with Gasteiger partial charge in [-0.2, -0.15) is 5.10 Å². The Bertz CT molecular complexity index is 696. The summed E-state index contributed by atoms with van der Waals surface area (Å²) in [6.45, 7) is 12.2. The number of benzene rings is 1. The molecule has 2 heterocycles. The lowest BCUT2D eigenvalue weighted by Crippen LogP contribution is -2.41. The molecule has 1 aliphatic rings. The molecule has 2 aromatic rings. The maximum atomic E-state index is 6.43. The summed E-state index contributed by atoms with van der Waals surface area (Å²) in [5.74, 6) is 0. The molecule has 5 nitrogen and oxygen atoms in total. The van der Waals surface area contributed by atoms with E-state index in [9.17, 15) is 0 Å². The van der Waals surface area contributed by atoms with Gasteiger partial charge in [0.05, 0.1) is 29.3 Å². The van der Waals surface area contributed by atoms with Gasteiger partial charge >= 0.3 is 7.12 Å². The van der Waals surface area contributed by atoms with Crippen molar-refractivity contribution in [3.05, 3.63) is 23.4 Å². The predicted octanol–water partition coefficient (Wildman–Crippen LogP) is 4.38. The Morgan fingerprint density at radius 3 is 2.16 bits per heavy atom. The van der Waals surface area contributed by atoms with E-state index >= 15 is 0 Å². The number of aromatic nitrogens is 2. The summed E-state index contributed by atoms with van der Waals surface area (Å²) in [7, 11) is 1.03. The van der Waals surface area contributed by atoms with Crippen molar-refractivity contribution in [2.75, 3.05) is 7.05 Å². The molecule has 0 aliphatic carbocycles. The zero-order valence-electron chi connectivity index (χ0n) is 15.9. The number of nitrogens with zero attached hydrogens (tertiary/aromatic N) is 2. The third-order valence-corrected chi connectivity index (χ3v) is 6.53. The second-order valence-corrected chi connectivity index (χ2v) is 8.57. The third kappa shape index (κ3) is 4.50. The molecular formula is C16H27BClIN3O2P. The minimum Gasteiger partial charge on any atom is -0.399 e. The van der Waals surface area contributed by atoms with Gasteiger partial charge in [-0.3, -0.25) is 0 Å². The number of rotatable bonds is 2.